The Bertz CT molecular complexity index is 494. The van der Waals surface area contributed by atoms with Crippen LogP contribution in [0.3, 0.4) is 0 Å². The maximum atomic E-state index is 12.2. The van der Waals surface area contributed by atoms with Crippen molar-refractivity contribution < 1.29 is 24.9 Å². The second-order valence-corrected chi connectivity index (χ2v) is 4.60. The molecule has 6 nitrogen and oxygen atoms in total. The van der Waals surface area contributed by atoms with Gasteiger partial charge in [0.2, 0.25) is 0 Å². The number of phenols is 2. The second kappa shape index (κ2) is 5.17. The number of carbonyl (C=O) groups excluding carboxylic acids is 1. The van der Waals surface area contributed by atoms with Crippen molar-refractivity contribution in [3.05, 3.63) is 23.8 Å². The van der Waals surface area contributed by atoms with Crippen molar-refractivity contribution in [1.29, 1.82) is 0 Å². The lowest BCUT2D eigenvalue weighted by Gasteiger charge is -2.31. The van der Waals surface area contributed by atoms with Crippen LogP contribution in [-0.4, -0.2) is 45.2 Å². The largest absolute Gasteiger partial charge is 0.507 e. The summed E-state index contributed by atoms with van der Waals surface area (Å²) in [4.78, 5) is 24.5. The van der Waals surface area contributed by atoms with E-state index in [2.05, 4.69) is 0 Å². The van der Waals surface area contributed by atoms with E-state index >= 15 is 0 Å². The smallest absolute Gasteiger partial charge is 0.308 e. The highest BCUT2D eigenvalue weighted by molar-refractivity contribution is 5.99. The number of piperidine rings is 1. The minimum atomic E-state index is -0.931. The molecule has 1 heterocycles. The van der Waals surface area contributed by atoms with Gasteiger partial charge < -0.3 is 20.2 Å². The predicted octanol–water partition coefficient (Wildman–Crippen LogP) is 1.03. The first-order valence-electron chi connectivity index (χ1n) is 6.03. The number of nitrogens with zero attached hydrogens (tertiary/aromatic N) is 1. The third-order valence-corrected chi connectivity index (χ3v) is 3.29. The summed E-state index contributed by atoms with van der Waals surface area (Å²) < 4.78 is 0. The van der Waals surface area contributed by atoms with Crippen LogP contribution in [0.15, 0.2) is 18.2 Å². The minimum absolute atomic E-state index is 0.0991. The van der Waals surface area contributed by atoms with Crippen LogP contribution >= 0.6 is 0 Å². The van der Waals surface area contributed by atoms with Gasteiger partial charge in [0.25, 0.3) is 5.91 Å². The van der Waals surface area contributed by atoms with E-state index in [1.54, 1.807) is 0 Å². The molecule has 1 aliphatic rings. The summed E-state index contributed by atoms with van der Waals surface area (Å²) in [5.41, 5.74) is -0.173. The minimum Gasteiger partial charge on any atom is -0.507 e. The van der Waals surface area contributed by atoms with Gasteiger partial charge in [-0.25, -0.2) is 0 Å². The summed E-state index contributed by atoms with van der Waals surface area (Å²) in [5.74, 6) is -2.67. The van der Waals surface area contributed by atoms with E-state index in [1.165, 1.54) is 23.1 Å². The molecular weight excluding hydrogens is 250 g/mol. The molecule has 0 radical (unpaired) electrons. The zero-order valence-electron chi connectivity index (χ0n) is 10.2. The van der Waals surface area contributed by atoms with Crippen LogP contribution in [0.5, 0.6) is 11.5 Å². The van der Waals surface area contributed by atoms with Crippen molar-refractivity contribution in [2.24, 2.45) is 5.92 Å². The average Bonchev–Trinajstić information content (AvgIpc) is 2.38. The van der Waals surface area contributed by atoms with Gasteiger partial charge in [-0.2, -0.15) is 0 Å². The average molecular weight is 265 g/mol. The first-order chi connectivity index (χ1) is 9.00. The molecule has 1 aromatic carbocycles. The van der Waals surface area contributed by atoms with Crippen molar-refractivity contribution >= 4 is 11.9 Å². The molecule has 0 spiro atoms. The molecule has 1 amide bonds. The molecule has 1 aromatic rings. The van der Waals surface area contributed by atoms with Crippen molar-refractivity contribution in [2.45, 2.75) is 12.8 Å². The van der Waals surface area contributed by atoms with E-state index in [9.17, 15) is 19.8 Å². The Balaban J connectivity index is 2.22. The fourth-order valence-electron chi connectivity index (χ4n) is 2.27. The lowest BCUT2D eigenvalue weighted by molar-refractivity contribution is -0.143. The molecule has 102 valence electrons. The number of aromatic hydroxyl groups is 2. The molecule has 2 rings (SSSR count). The zero-order valence-corrected chi connectivity index (χ0v) is 10.2. The number of carboxylic acid groups (broad SMARTS) is 1. The van der Waals surface area contributed by atoms with Crippen LogP contribution in [0.4, 0.5) is 0 Å². The van der Waals surface area contributed by atoms with Crippen LogP contribution < -0.4 is 0 Å². The molecule has 1 aliphatic heterocycles. The van der Waals surface area contributed by atoms with Gasteiger partial charge in [-0.05, 0) is 25.0 Å². The molecule has 1 saturated heterocycles. The molecule has 3 N–H and O–H groups in total. The lowest BCUT2D eigenvalue weighted by Crippen LogP contribution is -2.42. The Morgan fingerprint density at radius 2 is 1.84 bits per heavy atom. The molecule has 19 heavy (non-hydrogen) atoms. The predicted molar refractivity (Wildman–Crippen MR) is 66.0 cm³/mol. The molecule has 1 atom stereocenters. The van der Waals surface area contributed by atoms with E-state index in [-0.39, 0.29) is 23.6 Å². The number of likely N-dealkylation sites (tertiary alicyclic amines) is 1. The van der Waals surface area contributed by atoms with Gasteiger partial charge in [-0.3, -0.25) is 9.59 Å². The number of benzene rings is 1. The molecule has 6 heteroatoms. The highest BCUT2D eigenvalue weighted by Gasteiger charge is 2.30. The maximum Gasteiger partial charge on any atom is 0.308 e. The number of phenolic OH excluding ortho intramolecular Hbond substituents is 2. The number of hydrogen-bond donors (Lipinski definition) is 3. The van der Waals surface area contributed by atoms with Crippen LogP contribution in [-0.2, 0) is 4.79 Å². The van der Waals surface area contributed by atoms with Crippen molar-refractivity contribution in [3.8, 4) is 11.5 Å². The molecule has 0 aromatic heterocycles. The van der Waals surface area contributed by atoms with Gasteiger partial charge in [0.15, 0.2) is 0 Å². The van der Waals surface area contributed by atoms with Crippen LogP contribution in [0.1, 0.15) is 23.2 Å². The van der Waals surface area contributed by atoms with E-state index in [4.69, 9.17) is 5.11 Å². The third-order valence-electron chi connectivity index (χ3n) is 3.29. The standard InChI is InChI=1S/C13H15NO5/c15-9-4-1-5-10(16)11(9)12(17)14-6-2-3-8(7-14)13(18)19/h1,4-5,8,15-16H,2-3,6-7H2,(H,18,19). The molecule has 1 fully saturated rings. The summed E-state index contributed by atoms with van der Waals surface area (Å²) >= 11 is 0. The van der Waals surface area contributed by atoms with Gasteiger partial charge in [0.1, 0.15) is 17.1 Å². The first-order valence-corrected chi connectivity index (χ1v) is 6.03. The Hall–Kier alpha value is -2.24. The van der Waals surface area contributed by atoms with Gasteiger partial charge in [0, 0.05) is 13.1 Å². The van der Waals surface area contributed by atoms with Gasteiger partial charge in [-0.15, -0.1) is 0 Å². The van der Waals surface area contributed by atoms with Gasteiger partial charge >= 0.3 is 5.97 Å². The Morgan fingerprint density at radius 3 is 2.42 bits per heavy atom. The highest BCUT2D eigenvalue weighted by atomic mass is 16.4. The van der Waals surface area contributed by atoms with E-state index < -0.39 is 17.8 Å². The maximum absolute atomic E-state index is 12.2. The summed E-state index contributed by atoms with van der Waals surface area (Å²) in [6.45, 7) is 0.526. The van der Waals surface area contributed by atoms with E-state index in [0.29, 0.717) is 19.4 Å². The SMILES string of the molecule is O=C(O)C1CCCN(C(=O)c2c(O)cccc2O)C1. The van der Waals surface area contributed by atoms with Gasteiger partial charge in [0.05, 0.1) is 5.92 Å². The number of hydrogen-bond acceptors (Lipinski definition) is 4. The number of carbonyl (C=O) groups is 2. The Labute approximate surface area is 109 Å². The summed E-state index contributed by atoms with van der Waals surface area (Å²) in [5, 5.41) is 28.3. The van der Waals surface area contributed by atoms with Crippen LogP contribution in [0.2, 0.25) is 0 Å². The fourth-order valence-corrected chi connectivity index (χ4v) is 2.27. The Kier molecular flexibility index (Phi) is 3.59. The van der Waals surface area contributed by atoms with Crippen LogP contribution in [0, 0.1) is 5.92 Å². The normalized spacial score (nSPS) is 19.2. The number of aliphatic carboxylic acids is 1. The molecule has 0 aliphatic carbocycles. The fraction of sp³-hybridized carbons (Fsp3) is 0.385. The third kappa shape index (κ3) is 2.62. The van der Waals surface area contributed by atoms with Crippen molar-refractivity contribution in [3.63, 3.8) is 0 Å². The number of rotatable bonds is 2. The molecule has 0 bridgehead atoms. The zero-order chi connectivity index (χ0) is 14.0. The van der Waals surface area contributed by atoms with E-state index in [1.807, 2.05) is 0 Å². The topological polar surface area (TPSA) is 98.1 Å². The number of carboxylic acids is 1. The van der Waals surface area contributed by atoms with Gasteiger partial charge in [-0.1, -0.05) is 6.07 Å². The van der Waals surface area contributed by atoms with E-state index in [0.717, 1.165) is 0 Å². The summed E-state index contributed by atoms with van der Waals surface area (Å²) in [6, 6.07) is 4.05. The molecule has 0 saturated carbocycles. The van der Waals surface area contributed by atoms with Crippen LogP contribution in [0.25, 0.3) is 0 Å². The summed E-state index contributed by atoms with van der Waals surface area (Å²) in [6.07, 6.45) is 1.13. The molecular formula is C13H15NO5. The second-order valence-electron chi connectivity index (χ2n) is 4.60. The van der Waals surface area contributed by atoms with Crippen molar-refractivity contribution in [1.82, 2.24) is 4.90 Å². The summed E-state index contributed by atoms with van der Waals surface area (Å²) in [7, 11) is 0. The van der Waals surface area contributed by atoms with Crippen molar-refractivity contribution in [2.75, 3.05) is 13.1 Å². The first kappa shape index (κ1) is 13.2. The Morgan fingerprint density at radius 1 is 1.21 bits per heavy atom. The lowest BCUT2D eigenvalue weighted by atomic mass is 9.97. The number of amides is 1. The highest BCUT2D eigenvalue weighted by Crippen LogP contribution is 2.29. The molecule has 1 unspecified atom stereocenters. The monoisotopic (exact) mass is 265 g/mol. The quantitative estimate of drug-likeness (QED) is 0.742.